The molecule has 1 aromatic carbocycles. The molecule has 0 fully saturated rings. The highest BCUT2D eigenvalue weighted by atomic mass is 127. The lowest BCUT2D eigenvalue weighted by molar-refractivity contribution is 0.554. The van der Waals surface area contributed by atoms with Crippen molar-refractivity contribution in [2.45, 2.75) is 18.1 Å². The Balaban J connectivity index is 2.18. The van der Waals surface area contributed by atoms with Gasteiger partial charge in [-0.1, -0.05) is 36.4 Å². The maximum atomic E-state index is 13.0. The molecule has 20 heavy (non-hydrogen) atoms. The monoisotopic (exact) mass is 399 g/mol. The number of halogens is 1. The second-order valence-electron chi connectivity index (χ2n) is 5.14. The minimum atomic E-state index is -3.49. The zero-order valence-electron chi connectivity index (χ0n) is 11.0. The minimum Gasteiger partial charge on any atom is -0.244 e. The molecule has 0 bridgehead atoms. The van der Waals surface area contributed by atoms with Crippen molar-refractivity contribution in [1.29, 1.82) is 0 Å². The van der Waals surface area contributed by atoms with E-state index in [2.05, 4.69) is 22.6 Å². The first-order valence-electron chi connectivity index (χ1n) is 6.29. The van der Waals surface area contributed by atoms with Gasteiger partial charge >= 0.3 is 0 Å². The van der Waals surface area contributed by atoms with Gasteiger partial charge < -0.3 is 0 Å². The van der Waals surface area contributed by atoms with E-state index in [0.29, 0.717) is 6.42 Å². The Morgan fingerprint density at radius 2 is 2.00 bits per heavy atom. The summed E-state index contributed by atoms with van der Waals surface area (Å²) in [5.41, 5.74) is 0.728. The predicted octanol–water partition coefficient (Wildman–Crippen LogP) is 3.86. The molecular formula is C15H14INO2S. The van der Waals surface area contributed by atoms with Gasteiger partial charge in [0.15, 0.2) is 0 Å². The number of allylic oxidation sites excluding steroid dienone is 3. The van der Waals surface area contributed by atoms with Crippen LogP contribution < -0.4 is 0 Å². The van der Waals surface area contributed by atoms with Gasteiger partial charge in [-0.3, -0.25) is 0 Å². The third-order valence-corrected chi connectivity index (χ3v) is 6.69. The molecule has 0 radical (unpaired) electrons. The van der Waals surface area contributed by atoms with E-state index in [1.807, 2.05) is 42.5 Å². The maximum Gasteiger partial charge on any atom is 0.248 e. The summed E-state index contributed by atoms with van der Waals surface area (Å²) < 4.78 is 27.6. The highest BCUT2D eigenvalue weighted by Crippen LogP contribution is 2.35. The van der Waals surface area contributed by atoms with Gasteiger partial charge in [0.2, 0.25) is 10.0 Å². The Morgan fingerprint density at radius 1 is 1.25 bits per heavy atom. The molecule has 1 aliphatic carbocycles. The number of aromatic nitrogens is 1. The summed E-state index contributed by atoms with van der Waals surface area (Å²) in [6, 6.07) is 9.36. The number of rotatable bonds is 2. The Kier molecular flexibility index (Phi) is 3.29. The van der Waals surface area contributed by atoms with Gasteiger partial charge in [0.1, 0.15) is 4.75 Å². The average molecular weight is 399 g/mol. The fourth-order valence-corrected chi connectivity index (χ4v) is 5.42. The van der Waals surface area contributed by atoms with E-state index in [1.54, 1.807) is 19.2 Å². The quantitative estimate of drug-likeness (QED) is 0.720. The fourth-order valence-electron chi connectivity index (χ4n) is 2.48. The van der Waals surface area contributed by atoms with E-state index in [1.165, 1.54) is 3.97 Å². The number of hydrogen-bond donors (Lipinski definition) is 0. The largest absolute Gasteiger partial charge is 0.248 e. The van der Waals surface area contributed by atoms with E-state index >= 15 is 0 Å². The molecule has 0 amide bonds. The molecule has 5 heteroatoms. The molecule has 1 aliphatic rings. The van der Waals surface area contributed by atoms with E-state index in [4.69, 9.17) is 0 Å². The van der Waals surface area contributed by atoms with Crippen LogP contribution in [0.1, 0.15) is 13.3 Å². The third kappa shape index (κ3) is 2.03. The highest BCUT2D eigenvalue weighted by Gasteiger charge is 2.40. The summed E-state index contributed by atoms with van der Waals surface area (Å²) in [6.45, 7) is 1.78. The number of nitrogens with zero attached hydrogens (tertiary/aromatic N) is 1. The van der Waals surface area contributed by atoms with Gasteiger partial charge in [-0.2, -0.15) is 0 Å². The summed E-state index contributed by atoms with van der Waals surface area (Å²) in [4.78, 5) is 0. The molecule has 1 atom stereocenters. The Morgan fingerprint density at radius 3 is 2.75 bits per heavy atom. The van der Waals surface area contributed by atoms with Gasteiger partial charge in [0.25, 0.3) is 0 Å². The van der Waals surface area contributed by atoms with Crippen molar-refractivity contribution in [2.24, 2.45) is 0 Å². The summed E-state index contributed by atoms with van der Waals surface area (Å²) in [5.74, 6) is 0. The van der Waals surface area contributed by atoms with E-state index in [0.717, 1.165) is 14.5 Å². The molecule has 3 rings (SSSR count). The smallest absolute Gasteiger partial charge is 0.244 e. The number of hydrogen-bond acceptors (Lipinski definition) is 2. The lowest BCUT2D eigenvalue weighted by atomic mass is 10.0. The molecule has 0 saturated carbocycles. The Labute approximate surface area is 132 Å². The van der Waals surface area contributed by atoms with Crippen LogP contribution in [0.15, 0.2) is 58.3 Å². The highest BCUT2D eigenvalue weighted by molar-refractivity contribution is 14.1. The SMILES string of the molecule is CC1(S(=O)(=O)n2ccc3ccccc32)C=CC=C(I)C1. The topological polar surface area (TPSA) is 39.1 Å². The molecule has 0 N–H and O–H groups in total. The van der Waals surface area contributed by atoms with Crippen LogP contribution in [0.4, 0.5) is 0 Å². The Bertz CT molecular complexity index is 832. The molecule has 0 saturated heterocycles. The van der Waals surface area contributed by atoms with Crippen LogP contribution in [-0.4, -0.2) is 17.1 Å². The first-order valence-corrected chi connectivity index (χ1v) is 8.81. The van der Waals surface area contributed by atoms with Crippen molar-refractivity contribution < 1.29 is 8.42 Å². The zero-order chi connectivity index (χ0) is 14.4. The van der Waals surface area contributed by atoms with E-state index in [-0.39, 0.29) is 0 Å². The molecule has 1 aromatic heterocycles. The number of benzene rings is 1. The molecule has 3 nitrogen and oxygen atoms in total. The van der Waals surface area contributed by atoms with Crippen molar-refractivity contribution >= 4 is 43.5 Å². The standard InChI is InChI=1S/C15H14INO2S/c1-15(9-4-6-13(16)11-15)20(18,19)17-10-8-12-5-2-3-7-14(12)17/h2-10H,11H2,1H3. The number of fused-ring (bicyclic) bond motifs is 1. The minimum absolute atomic E-state index is 0.513. The second kappa shape index (κ2) is 4.73. The van der Waals surface area contributed by atoms with Crippen LogP contribution >= 0.6 is 22.6 Å². The molecule has 1 heterocycles. The van der Waals surface area contributed by atoms with Crippen molar-refractivity contribution in [2.75, 3.05) is 0 Å². The van der Waals surface area contributed by atoms with E-state index in [9.17, 15) is 8.42 Å². The normalized spacial score (nSPS) is 23.0. The lowest BCUT2D eigenvalue weighted by Crippen LogP contribution is -2.38. The third-order valence-electron chi connectivity index (χ3n) is 3.66. The molecule has 0 spiro atoms. The second-order valence-corrected chi connectivity index (χ2v) is 8.80. The van der Waals surface area contributed by atoms with Crippen LogP contribution in [0.3, 0.4) is 0 Å². The van der Waals surface area contributed by atoms with Crippen molar-refractivity contribution in [3.8, 4) is 0 Å². The van der Waals surface area contributed by atoms with Crippen LogP contribution in [0.25, 0.3) is 10.9 Å². The van der Waals surface area contributed by atoms with Gasteiger partial charge in [0, 0.05) is 18.0 Å². The fraction of sp³-hybridized carbons (Fsp3) is 0.200. The molecule has 2 aromatic rings. The van der Waals surface area contributed by atoms with Gasteiger partial charge in [-0.15, -0.1) is 0 Å². The van der Waals surface area contributed by atoms with Crippen LogP contribution in [0, 0.1) is 0 Å². The van der Waals surface area contributed by atoms with Crippen LogP contribution in [0.2, 0.25) is 0 Å². The molecule has 0 aliphatic heterocycles. The van der Waals surface area contributed by atoms with Crippen molar-refractivity contribution in [3.05, 3.63) is 58.3 Å². The first-order chi connectivity index (χ1) is 9.44. The summed E-state index contributed by atoms with van der Waals surface area (Å²) in [7, 11) is -3.49. The zero-order valence-corrected chi connectivity index (χ0v) is 13.9. The van der Waals surface area contributed by atoms with Gasteiger partial charge in [-0.05, 0) is 45.2 Å². The van der Waals surface area contributed by atoms with Gasteiger partial charge in [0.05, 0.1) is 5.52 Å². The Hall–Kier alpha value is -1.08. The molecular weight excluding hydrogens is 385 g/mol. The van der Waals surface area contributed by atoms with Crippen molar-refractivity contribution in [3.63, 3.8) is 0 Å². The molecule has 104 valence electrons. The lowest BCUT2D eigenvalue weighted by Gasteiger charge is -2.28. The maximum absolute atomic E-state index is 13.0. The summed E-state index contributed by atoms with van der Waals surface area (Å²) in [6.07, 6.45) is 7.71. The van der Waals surface area contributed by atoms with Crippen LogP contribution in [0.5, 0.6) is 0 Å². The van der Waals surface area contributed by atoms with E-state index < -0.39 is 14.8 Å². The average Bonchev–Trinajstić information content (AvgIpc) is 2.82. The first kappa shape index (κ1) is 13.9. The summed E-state index contributed by atoms with van der Waals surface area (Å²) in [5, 5.41) is 0.935. The molecule has 1 unspecified atom stereocenters. The summed E-state index contributed by atoms with van der Waals surface area (Å²) >= 11 is 2.19. The van der Waals surface area contributed by atoms with Crippen LogP contribution in [-0.2, 0) is 10.0 Å². The predicted molar refractivity (Wildman–Crippen MR) is 90.5 cm³/mol. The number of para-hydroxylation sites is 1. The van der Waals surface area contributed by atoms with Crippen molar-refractivity contribution in [1.82, 2.24) is 3.97 Å². The van der Waals surface area contributed by atoms with Gasteiger partial charge in [-0.25, -0.2) is 12.4 Å².